The third-order valence-corrected chi connectivity index (χ3v) is 7.59. The lowest BCUT2D eigenvalue weighted by Gasteiger charge is -2.09. The molecular formula is C20H20N2O4S2. The van der Waals surface area contributed by atoms with E-state index in [1.807, 2.05) is 0 Å². The summed E-state index contributed by atoms with van der Waals surface area (Å²) in [6.45, 7) is 0. The van der Waals surface area contributed by atoms with Gasteiger partial charge in [0.2, 0.25) is 0 Å². The molecule has 0 fully saturated rings. The molecule has 3 rings (SSSR count). The Morgan fingerprint density at radius 2 is 0.929 bits per heavy atom. The second-order valence-electron chi connectivity index (χ2n) is 6.48. The van der Waals surface area contributed by atoms with Crippen LogP contribution in [0, 0.1) is 0 Å². The number of sulfone groups is 2. The van der Waals surface area contributed by atoms with Crippen molar-refractivity contribution in [2.75, 3.05) is 11.5 Å². The summed E-state index contributed by atoms with van der Waals surface area (Å²) in [5.74, 6) is -0.459. The highest BCUT2D eigenvalue weighted by atomic mass is 32.2. The topological polar surface area (TPSA) is 120 Å². The Balaban J connectivity index is 1.82. The standard InChI is InChI=1S/C20H20N2O4S2/c21-17-4-8-19(9-5-17)27(23,24)13-15-2-1-3-16(12-15)14-28(25,26)20-10-6-18(22)7-11-20/h1-12H,13-14,21-22H2. The van der Waals surface area contributed by atoms with Crippen LogP contribution in [0.2, 0.25) is 0 Å². The van der Waals surface area contributed by atoms with Gasteiger partial charge in [-0.3, -0.25) is 0 Å². The molecule has 3 aromatic rings. The maximum Gasteiger partial charge on any atom is 0.182 e. The number of hydrogen-bond acceptors (Lipinski definition) is 6. The summed E-state index contributed by atoms with van der Waals surface area (Å²) in [6, 6.07) is 18.5. The van der Waals surface area contributed by atoms with E-state index in [1.54, 1.807) is 24.3 Å². The Morgan fingerprint density at radius 3 is 1.29 bits per heavy atom. The van der Waals surface area contributed by atoms with Gasteiger partial charge in [0.25, 0.3) is 0 Å². The second kappa shape index (κ2) is 7.65. The Morgan fingerprint density at radius 1 is 0.571 bits per heavy atom. The molecule has 0 aliphatic carbocycles. The number of anilines is 2. The molecule has 0 unspecified atom stereocenters. The van der Waals surface area contributed by atoms with Crippen molar-refractivity contribution in [2.24, 2.45) is 0 Å². The molecule has 0 aliphatic rings. The normalized spacial score (nSPS) is 12.0. The maximum atomic E-state index is 12.6. The van der Waals surface area contributed by atoms with Gasteiger partial charge in [0, 0.05) is 11.4 Å². The number of benzene rings is 3. The van der Waals surface area contributed by atoms with Gasteiger partial charge in [-0.25, -0.2) is 16.8 Å². The smallest absolute Gasteiger partial charge is 0.182 e. The van der Waals surface area contributed by atoms with Crippen LogP contribution < -0.4 is 11.5 Å². The Labute approximate surface area is 164 Å². The molecule has 0 aliphatic heterocycles. The highest BCUT2D eigenvalue weighted by molar-refractivity contribution is 7.91. The lowest BCUT2D eigenvalue weighted by atomic mass is 10.2. The number of nitrogen functional groups attached to an aromatic ring is 2. The van der Waals surface area contributed by atoms with Gasteiger partial charge in [-0.05, 0) is 59.7 Å². The van der Waals surface area contributed by atoms with E-state index in [-0.39, 0.29) is 21.3 Å². The molecule has 0 atom stereocenters. The zero-order valence-electron chi connectivity index (χ0n) is 14.9. The lowest BCUT2D eigenvalue weighted by Crippen LogP contribution is -2.07. The molecule has 0 saturated carbocycles. The minimum absolute atomic E-state index is 0.168. The van der Waals surface area contributed by atoms with Crippen molar-refractivity contribution in [2.45, 2.75) is 21.3 Å². The van der Waals surface area contributed by atoms with Crippen LogP contribution in [0.15, 0.2) is 82.6 Å². The van der Waals surface area contributed by atoms with Crippen molar-refractivity contribution < 1.29 is 16.8 Å². The summed E-state index contributed by atoms with van der Waals surface area (Å²) in [5.41, 5.74) is 13.2. The van der Waals surface area contributed by atoms with E-state index in [4.69, 9.17) is 11.5 Å². The fraction of sp³-hybridized carbons (Fsp3) is 0.100. The molecule has 3 aromatic carbocycles. The molecule has 0 bridgehead atoms. The van der Waals surface area contributed by atoms with Gasteiger partial charge in [0.15, 0.2) is 19.7 Å². The largest absolute Gasteiger partial charge is 0.399 e. The van der Waals surface area contributed by atoms with E-state index >= 15 is 0 Å². The summed E-state index contributed by atoms with van der Waals surface area (Å²) in [5, 5.41) is 0. The minimum atomic E-state index is -3.57. The van der Waals surface area contributed by atoms with E-state index in [9.17, 15) is 16.8 Å². The third-order valence-electron chi connectivity index (χ3n) is 4.18. The highest BCUT2D eigenvalue weighted by Gasteiger charge is 2.18. The summed E-state index contributed by atoms with van der Waals surface area (Å²) in [6.07, 6.45) is 0. The summed E-state index contributed by atoms with van der Waals surface area (Å²) >= 11 is 0. The van der Waals surface area contributed by atoms with Gasteiger partial charge in [-0.1, -0.05) is 24.3 Å². The van der Waals surface area contributed by atoms with Gasteiger partial charge < -0.3 is 11.5 Å². The maximum absolute atomic E-state index is 12.6. The molecule has 0 aromatic heterocycles. The molecule has 6 nitrogen and oxygen atoms in total. The first-order valence-corrected chi connectivity index (χ1v) is 11.7. The monoisotopic (exact) mass is 416 g/mol. The van der Waals surface area contributed by atoms with Gasteiger partial charge in [-0.2, -0.15) is 0 Å². The molecule has 4 N–H and O–H groups in total. The summed E-state index contributed by atoms with van der Waals surface area (Å²) in [4.78, 5) is 0.336. The van der Waals surface area contributed by atoms with E-state index in [1.165, 1.54) is 48.5 Å². The van der Waals surface area contributed by atoms with E-state index < -0.39 is 19.7 Å². The minimum Gasteiger partial charge on any atom is -0.399 e. The average Bonchev–Trinajstić information content (AvgIpc) is 2.62. The van der Waals surface area contributed by atoms with Crippen molar-refractivity contribution in [3.63, 3.8) is 0 Å². The van der Waals surface area contributed by atoms with Gasteiger partial charge in [-0.15, -0.1) is 0 Å². The van der Waals surface area contributed by atoms with Crippen molar-refractivity contribution in [3.05, 3.63) is 83.9 Å². The van der Waals surface area contributed by atoms with Crippen molar-refractivity contribution in [1.29, 1.82) is 0 Å². The van der Waals surface area contributed by atoms with Crippen LogP contribution in [0.3, 0.4) is 0 Å². The van der Waals surface area contributed by atoms with Crippen LogP contribution in [-0.4, -0.2) is 16.8 Å². The first-order valence-electron chi connectivity index (χ1n) is 8.40. The quantitative estimate of drug-likeness (QED) is 0.596. The number of nitrogens with two attached hydrogens (primary N) is 2. The van der Waals surface area contributed by atoms with E-state index in [0.29, 0.717) is 22.5 Å². The van der Waals surface area contributed by atoms with Gasteiger partial charge >= 0.3 is 0 Å². The predicted octanol–water partition coefficient (Wildman–Crippen LogP) is 2.80. The van der Waals surface area contributed by atoms with Crippen LogP contribution in [-0.2, 0) is 31.2 Å². The summed E-state index contributed by atoms with van der Waals surface area (Å²) < 4.78 is 50.4. The molecule has 0 radical (unpaired) electrons. The molecule has 28 heavy (non-hydrogen) atoms. The third kappa shape index (κ3) is 4.71. The molecule has 8 heteroatoms. The van der Waals surface area contributed by atoms with Crippen molar-refractivity contribution in [3.8, 4) is 0 Å². The molecular weight excluding hydrogens is 396 g/mol. The average molecular weight is 417 g/mol. The van der Waals surface area contributed by atoms with Crippen molar-refractivity contribution in [1.82, 2.24) is 0 Å². The zero-order chi connectivity index (χ0) is 20.4. The van der Waals surface area contributed by atoms with Gasteiger partial charge in [0.1, 0.15) is 0 Å². The number of rotatable bonds is 6. The zero-order valence-corrected chi connectivity index (χ0v) is 16.6. The van der Waals surface area contributed by atoms with Crippen molar-refractivity contribution >= 4 is 31.0 Å². The van der Waals surface area contributed by atoms with Gasteiger partial charge in [0.05, 0.1) is 21.3 Å². The molecule has 0 heterocycles. The SMILES string of the molecule is Nc1ccc(S(=O)(=O)Cc2cccc(CS(=O)(=O)c3ccc(N)cc3)c2)cc1. The molecule has 146 valence electrons. The second-order valence-corrected chi connectivity index (χ2v) is 10.5. The fourth-order valence-corrected chi connectivity index (χ4v) is 5.44. The first-order chi connectivity index (χ1) is 13.2. The van der Waals surface area contributed by atoms with E-state index in [0.717, 1.165) is 0 Å². The molecule has 0 saturated heterocycles. The first kappa shape index (κ1) is 19.9. The Hall–Kier alpha value is -2.84. The van der Waals surface area contributed by atoms with Crippen LogP contribution >= 0.6 is 0 Å². The lowest BCUT2D eigenvalue weighted by molar-refractivity contribution is 0.594. The highest BCUT2D eigenvalue weighted by Crippen LogP contribution is 2.21. The number of hydrogen-bond donors (Lipinski definition) is 2. The van der Waals surface area contributed by atoms with Crippen LogP contribution in [0.4, 0.5) is 11.4 Å². The van der Waals surface area contributed by atoms with E-state index in [2.05, 4.69) is 0 Å². The molecule has 0 spiro atoms. The van der Waals surface area contributed by atoms with Crippen LogP contribution in [0.1, 0.15) is 11.1 Å². The Kier molecular flexibility index (Phi) is 5.44. The summed E-state index contributed by atoms with van der Waals surface area (Å²) in [7, 11) is -7.13. The molecule has 0 amide bonds. The van der Waals surface area contributed by atoms with Crippen LogP contribution in [0.25, 0.3) is 0 Å². The van der Waals surface area contributed by atoms with Crippen LogP contribution in [0.5, 0.6) is 0 Å². The fourth-order valence-electron chi connectivity index (χ4n) is 2.77. The predicted molar refractivity (Wildman–Crippen MR) is 110 cm³/mol. The Bertz CT molecular complexity index is 1090.